The molecule has 0 aliphatic carbocycles. The number of aryl methyl sites for hydroxylation is 1. The van der Waals surface area contributed by atoms with Gasteiger partial charge in [-0.15, -0.1) is 0 Å². The van der Waals surface area contributed by atoms with E-state index in [0.29, 0.717) is 18.1 Å². The Hall–Kier alpha value is -3.24. The van der Waals surface area contributed by atoms with Crippen molar-refractivity contribution in [2.24, 2.45) is 0 Å². The highest BCUT2D eigenvalue weighted by atomic mass is 32.2. The SMILES string of the molecule is CC(=O)Nc1ccc(SN2C=C(Nc3cc(C)[nH]n3)n3cc(CO)nc3C2)cc1. The second kappa shape index (κ2) is 8.02. The summed E-state index contributed by atoms with van der Waals surface area (Å²) in [6.07, 6.45) is 3.80. The summed E-state index contributed by atoms with van der Waals surface area (Å²) in [7, 11) is 0. The molecule has 0 atom stereocenters. The van der Waals surface area contributed by atoms with Crippen LogP contribution >= 0.6 is 11.9 Å². The number of fused-ring (bicyclic) bond motifs is 1. The van der Waals surface area contributed by atoms with Crippen molar-refractivity contribution in [1.82, 2.24) is 24.1 Å². The zero-order valence-corrected chi connectivity index (χ0v) is 16.8. The molecule has 1 amide bonds. The van der Waals surface area contributed by atoms with Crippen LogP contribution in [0.4, 0.5) is 11.5 Å². The normalized spacial score (nSPS) is 13.1. The van der Waals surface area contributed by atoms with E-state index in [1.807, 2.05) is 54.2 Å². The van der Waals surface area contributed by atoms with E-state index in [-0.39, 0.29) is 12.5 Å². The number of hydrogen-bond donors (Lipinski definition) is 4. The lowest BCUT2D eigenvalue weighted by Crippen LogP contribution is -2.23. The fourth-order valence-corrected chi connectivity index (χ4v) is 3.82. The molecule has 0 fully saturated rings. The number of aliphatic hydroxyl groups is 1. The quantitative estimate of drug-likeness (QED) is 0.462. The minimum Gasteiger partial charge on any atom is -0.390 e. The molecule has 0 radical (unpaired) electrons. The van der Waals surface area contributed by atoms with E-state index in [2.05, 4.69) is 30.1 Å². The van der Waals surface area contributed by atoms with Gasteiger partial charge in [0.15, 0.2) is 5.82 Å². The van der Waals surface area contributed by atoms with Gasteiger partial charge < -0.3 is 20.0 Å². The molecule has 0 spiro atoms. The molecule has 0 bridgehead atoms. The average Bonchev–Trinajstić information content (AvgIpc) is 3.29. The first kappa shape index (κ1) is 19.1. The van der Waals surface area contributed by atoms with Gasteiger partial charge in [-0.25, -0.2) is 4.98 Å². The number of aromatic nitrogens is 4. The smallest absolute Gasteiger partial charge is 0.221 e. The van der Waals surface area contributed by atoms with Crippen LogP contribution < -0.4 is 10.6 Å². The van der Waals surface area contributed by atoms with Gasteiger partial charge in [-0.2, -0.15) is 5.10 Å². The number of carbonyl (C=O) groups excluding carboxylic acids is 1. The van der Waals surface area contributed by atoms with Crippen molar-refractivity contribution in [3.63, 3.8) is 0 Å². The van der Waals surface area contributed by atoms with Crippen LogP contribution in [0.25, 0.3) is 5.82 Å². The number of anilines is 2. The van der Waals surface area contributed by atoms with Gasteiger partial charge in [-0.1, -0.05) is 0 Å². The number of imidazole rings is 1. The van der Waals surface area contributed by atoms with Crippen molar-refractivity contribution in [1.29, 1.82) is 0 Å². The van der Waals surface area contributed by atoms with Gasteiger partial charge >= 0.3 is 0 Å². The predicted octanol–water partition coefficient (Wildman–Crippen LogP) is 2.76. The Morgan fingerprint density at radius 3 is 2.79 bits per heavy atom. The molecule has 9 nitrogen and oxygen atoms in total. The summed E-state index contributed by atoms with van der Waals surface area (Å²) >= 11 is 1.55. The number of amides is 1. The second-order valence-corrected chi connectivity index (χ2v) is 7.75. The van der Waals surface area contributed by atoms with Crippen LogP contribution in [-0.4, -0.2) is 35.1 Å². The zero-order chi connectivity index (χ0) is 20.4. The molecule has 0 saturated carbocycles. The van der Waals surface area contributed by atoms with E-state index in [1.54, 1.807) is 11.9 Å². The fourth-order valence-electron chi connectivity index (χ4n) is 2.95. The number of hydrogen-bond acceptors (Lipinski definition) is 7. The Morgan fingerprint density at radius 1 is 1.34 bits per heavy atom. The molecular formula is C19H21N7O2S. The first-order valence-electron chi connectivity index (χ1n) is 9.01. The molecule has 4 rings (SSSR count). The van der Waals surface area contributed by atoms with E-state index in [1.165, 1.54) is 6.92 Å². The van der Waals surface area contributed by atoms with Gasteiger partial charge in [0.05, 0.1) is 25.0 Å². The van der Waals surface area contributed by atoms with Crippen molar-refractivity contribution < 1.29 is 9.90 Å². The number of aromatic amines is 1. The summed E-state index contributed by atoms with van der Waals surface area (Å²) in [6, 6.07) is 9.56. The summed E-state index contributed by atoms with van der Waals surface area (Å²) in [5.74, 6) is 2.20. The minimum atomic E-state index is -0.119. The summed E-state index contributed by atoms with van der Waals surface area (Å²) in [5.41, 5.74) is 2.32. The third-order valence-electron chi connectivity index (χ3n) is 4.17. The van der Waals surface area contributed by atoms with Crippen molar-refractivity contribution in [3.05, 3.63) is 59.9 Å². The van der Waals surface area contributed by atoms with Crippen molar-refractivity contribution in [2.75, 3.05) is 10.6 Å². The number of carbonyl (C=O) groups is 1. The lowest BCUT2D eigenvalue weighted by Gasteiger charge is -2.26. The lowest BCUT2D eigenvalue weighted by molar-refractivity contribution is -0.114. The van der Waals surface area contributed by atoms with Crippen LogP contribution in [-0.2, 0) is 17.9 Å². The Morgan fingerprint density at radius 2 is 2.14 bits per heavy atom. The Kier molecular flexibility index (Phi) is 5.28. The first-order chi connectivity index (χ1) is 14.0. The maximum absolute atomic E-state index is 11.2. The third kappa shape index (κ3) is 4.44. The molecule has 0 saturated heterocycles. The second-order valence-electron chi connectivity index (χ2n) is 6.62. The Labute approximate surface area is 172 Å². The van der Waals surface area contributed by atoms with Gasteiger partial charge in [-0.05, 0) is 43.1 Å². The number of aliphatic hydroxyl groups excluding tert-OH is 1. The summed E-state index contributed by atoms with van der Waals surface area (Å²) in [6.45, 7) is 3.88. The molecule has 4 N–H and O–H groups in total. The maximum atomic E-state index is 11.2. The standard InChI is InChI=1S/C19H21N7O2S/c1-12-7-17(24-23-12)22-19-10-25(9-18-21-15(11-27)8-26(18)19)29-16-5-3-14(4-6-16)20-13(2)28/h3-8,10,27H,9,11H2,1-2H3,(H,20,28)(H2,22,23,24). The van der Waals surface area contributed by atoms with Crippen LogP contribution in [0.2, 0.25) is 0 Å². The van der Waals surface area contributed by atoms with Gasteiger partial charge in [-0.3, -0.25) is 14.5 Å². The maximum Gasteiger partial charge on any atom is 0.221 e. The molecular weight excluding hydrogens is 390 g/mol. The Balaban J connectivity index is 1.56. The van der Waals surface area contributed by atoms with Crippen LogP contribution in [0.3, 0.4) is 0 Å². The monoisotopic (exact) mass is 411 g/mol. The van der Waals surface area contributed by atoms with E-state index in [4.69, 9.17) is 0 Å². The molecule has 29 heavy (non-hydrogen) atoms. The highest BCUT2D eigenvalue weighted by molar-refractivity contribution is 7.97. The van der Waals surface area contributed by atoms with Crippen LogP contribution in [0.15, 0.2) is 47.6 Å². The van der Waals surface area contributed by atoms with E-state index >= 15 is 0 Å². The van der Waals surface area contributed by atoms with E-state index in [0.717, 1.165) is 27.9 Å². The van der Waals surface area contributed by atoms with Crippen LogP contribution in [0, 0.1) is 6.92 Å². The summed E-state index contributed by atoms with van der Waals surface area (Å²) in [5, 5.41) is 22.7. The van der Waals surface area contributed by atoms with Crippen molar-refractivity contribution >= 4 is 35.2 Å². The van der Waals surface area contributed by atoms with Crippen LogP contribution in [0.5, 0.6) is 0 Å². The minimum absolute atomic E-state index is 0.0970. The van der Waals surface area contributed by atoms with Gasteiger partial charge in [0.25, 0.3) is 0 Å². The van der Waals surface area contributed by atoms with E-state index in [9.17, 15) is 9.90 Å². The topological polar surface area (TPSA) is 111 Å². The fraction of sp³-hybridized carbons (Fsp3) is 0.211. The van der Waals surface area contributed by atoms with Crippen LogP contribution in [0.1, 0.15) is 24.1 Å². The number of nitrogens with one attached hydrogen (secondary N) is 3. The largest absolute Gasteiger partial charge is 0.390 e. The van der Waals surface area contributed by atoms with Crippen molar-refractivity contribution in [2.45, 2.75) is 31.9 Å². The number of nitrogens with zero attached hydrogens (tertiary/aromatic N) is 4. The molecule has 150 valence electrons. The molecule has 3 heterocycles. The highest BCUT2D eigenvalue weighted by Crippen LogP contribution is 2.31. The molecule has 2 aromatic heterocycles. The molecule has 1 aromatic carbocycles. The summed E-state index contributed by atoms with van der Waals surface area (Å²) in [4.78, 5) is 16.7. The average molecular weight is 411 g/mol. The Bertz CT molecular complexity index is 1050. The van der Waals surface area contributed by atoms with Crippen molar-refractivity contribution in [3.8, 4) is 0 Å². The first-order valence-corrected chi connectivity index (χ1v) is 9.79. The number of benzene rings is 1. The van der Waals surface area contributed by atoms with Gasteiger partial charge in [0, 0.05) is 35.5 Å². The molecule has 1 aliphatic rings. The molecule has 10 heteroatoms. The lowest BCUT2D eigenvalue weighted by atomic mass is 10.3. The number of rotatable bonds is 6. The molecule has 0 unspecified atom stereocenters. The van der Waals surface area contributed by atoms with E-state index < -0.39 is 0 Å². The predicted molar refractivity (Wildman–Crippen MR) is 112 cm³/mol. The third-order valence-corrected chi connectivity index (χ3v) is 5.13. The molecule has 1 aliphatic heterocycles. The number of H-pyrrole nitrogens is 1. The zero-order valence-electron chi connectivity index (χ0n) is 16.0. The molecule has 3 aromatic rings. The van der Waals surface area contributed by atoms with Gasteiger partial charge in [0.1, 0.15) is 11.6 Å². The van der Waals surface area contributed by atoms with Gasteiger partial charge in [0.2, 0.25) is 5.91 Å². The highest BCUT2D eigenvalue weighted by Gasteiger charge is 2.21. The summed E-state index contributed by atoms with van der Waals surface area (Å²) < 4.78 is 3.98.